The number of hydrogen-bond acceptors (Lipinski definition) is 4. The molecule has 6 nitrogen and oxygen atoms in total. The highest BCUT2D eigenvalue weighted by atomic mass is 16.5. The fraction of sp³-hybridized carbons (Fsp3) is 0.706. The Bertz CT molecular complexity index is 395. The van der Waals surface area contributed by atoms with Crippen LogP contribution in [0.25, 0.3) is 0 Å². The number of esters is 1. The Morgan fingerprint density at radius 1 is 1.17 bits per heavy atom. The van der Waals surface area contributed by atoms with E-state index in [0.717, 1.165) is 6.42 Å². The van der Waals surface area contributed by atoms with E-state index in [0.29, 0.717) is 31.6 Å². The summed E-state index contributed by atoms with van der Waals surface area (Å²) >= 11 is 0. The summed E-state index contributed by atoms with van der Waals surface area (Å²) < 4.78 is 5.05. The van der Waals surface area contributed by atoms with Crippen LogP contribution in [0.5, 0.6) is 0 Å². The molecular weight excluding hydrogens is 300 g/mol. The second kappa shape index (κ2) is 10.8. The van der Waals surface area contributed by atoms with Gasteiger partial charge in [-0.15, -0.1) is 0 Å². The summed E-state index contributed by atoms with van der Waals surface area (Å²) in [6.45, 7) is 9.40. The Morgan fingerprint density at radius 3 is 1.96 bits per heavy atom. The lowest BCUT2D eigenvalue weighted by Gasteiger charge is -2.23. The zero-order chi connectivity index (χ0) is 18.0. The molecule has 0 radical (unpaired) electrons. The van der Waals surface area contributed by atoms with Gasteiger partial charge in [0.2, 0.25) is 0 Å². The molecule has 1 aliphatic carbocycles. The fourth-order valence-corrected chi connectivity index (χ4v) is 2.53. The molecule has 3 unspecified atom stereocenters. The SMILES string of the molecule is C=CC(=O)OC(CC)C(C)C.O=C(O)C1CCCC(C(=O)O)C1. The van der Waals surface area contributed by atoms with Crippen LogP contribution < -0.4 is 0 Å². The molecule has 3 atom stereocenters. The third-order valence-corrected chi connectivity index (χ3v) is 3.95. The van der Waals surface area contributed by atoms with Crippen molar-refractivity contribution in [3.63, 3.8) is 0 Å². The van der Waals surface area contributed by atoms with E-state index in [1.165, 1.54) is 6.08 Å². The molecular formula is C17H28O6. The van der Waals surface area contributed by atoms with Gasteiger partial charge < -0.3 is 14.9 Å². The number of carboxylic acid groups (broad SMARTS) is 2. The molecule has 0 spiro atoms. The lowest BCUT2D eigenvalue weighted by atomic mass is 9.81. The van der Waals surface area contributed by atoms with Crippen LogP contribution in [0.4, 0.5) is 0 Å². The Kier molecular flexibility index (Phi) is 9.94. The smallest absolute Gasteiger partial charge is 0.330 e. The highest BCUT2D eigenvalue weighted by Crippen LogP contribution is 2.29. The molecule has 1 saturated carbocycles. The summed E-state index contributed by atoms with van der Waals surface area (Å²) in [5.74, 6) is -2.56. The minimum atomic E-state index is -0.860. The lowest BCUT2D eigenvalue weighted by Crippen LogP contribution is -2.26. The highest BCUT2D eigenvalue weighted by Gasteiger charge is 2.30. The second-order valence-electron chi connectivity index (χ2n) is 6.07. The van der Waals surface area contributed by atoms with Crippen molar-refractivity contribution in [2.75, 3.05) is 0 Å². The second-order valence-corrected chi connectivity index (χ2v) is 6.07. The summed E-state index contributed by atoms with van der Waals surface area (Å²) in [6.07, 6.45) is 4.35. The number of carboxylic acids is 2. The predicted molar refractivity (Wildman–Crippen MR) is 85.9 cm³/mol. The first-order valence-corrected chi connectivity index (χ1v) is 8.01. The van der Waals surface area contributed by atoms with Gasteiger partial charge in [0.25, 0.3) is 0 Å². The number of rotatable bonds is 6. The number of carbonyl (C=O) groups excluding carboxylic acids is 1. The maximum absolute atomic E-state index is 10.7. The van der Waals surface area contributed by atoms with Crippen LogP contribution in [-0.2, 0) is 19.1 Å². The Labute approximate surface area is 137 Å². The first-order chi connectivity index (χ1) is 10.7. The number of carbonyl (C=O) groups is 3. The van der Waals surface area contributed by atoms with E-state index in [2.05, 4.69) is 6.58 Å². The molecule has 0 aromatic heterocycles. The molecule has 0 heterocycles. The van der Waals surface area contributed by atoms with Crippen LogP contribution in [0.15, 0.2) is 12.7 Å². The summed E-state index contributed by atoms with van der Waals surface area (Å²) in [7, 11) is 0. The molecule has 23 heavy (non-hydrogen) atoms. The number of hydrogen-bond donors (Lipinski definition) is 2. The maximum Gasteiger partial charge on any atom is 0.330 e. The molecule has 132 valence electrons. The number of aliphatic carboxylic acids is 2. The van der Waals surface area contributed by atoms with Crippen molar-refractivity contribution in [2.24, 2.45) is 17.8 Å². The zero-order valence-corrected chi connectivity index (χ0v) is 14.2. The molecule has 0 aromatic carbocycles. The topological polar surface area (TPSA) is 101 Å². The Balaban J connectivity index is 0.000000423. The van der Waals surface area contributed by atoms with Gasteiger partial charge in [-0.2, -0.15) is 0 Å². The van der Waals surface area contributed by atoms with Crippen molar-refractivity contribution < 1.29 is 29.3 Å². The standard InChI is InChI=1S/C9H16O2.C8H12O4/c1-5-8(7(3)4)11-9(10)6-2;9-7(10)5-2-1-3-6(4-5)8(11)12/h6-8H,2,5H2,1,3-4H3;5-6H,1-4H2,(H,9,10)(H,11,12). The predicted octanol–water partition coefficient (Wildman–Crippen LogP) is 3.11. The summed E-state index contributed by atoms with van der Waals surface area (Å²) in [4.78, 5) is 31.8. The minimum Gasteiger partial charge on any atom is -0.481 e. The molecule has 0 bridgehead atoms. The van der Waals surface area contributed by atoms with Crippen molar-refractivity contribution in [2.45, 2.75) is 59.0 Å². The van der Waals surface area contributed by atoms with E-state index in [1.54, 1.807) is 0 Å². The van der Waals surface area contributed by atoms with Gasteiger partial charge in [-0.3, -0.25) is 9.59 Å². The van der Waals surface area contributed by atoms with E-state index in [1.807, 2.05) is 20.8 Å². The van der Waals surface area contributed by atoms with Crippen LogP contribution >= 0.6 is 0 Å². The summed E-state index contributed by atoms with van der Waals surface area (Å²) in [5, 5.41) is 17.3. The molecule has 0 aromatic rings. The van der Waals surface area contributed by atoms with E-state index in [-0.39, 0.29) is 12.1 Å². The summed E-state index contributed by atoms with van der Waals surface area (Å²) in [6, 6.07) is 0. The van der Waals surface area contributed by atoms with E-state index >= 15 is 0 Å². The molecule has 2 N–H and O–H groups in total. The van der Waals surface area contributed by atoms with E-state index in [4.69, 9.17) is 14.9 Å². The molecule has 6 heteroatoms. The zero-order valence-electron chi connectivity index (χ0n) is 14.2. The van der Waals surface area contributed by atoms with Gasteiger partial charge in [-0.1, -0.05) is 33.8 Å². The van der Waals surface area contributed by atoms with Crippen molar-refractivity contribution in [3.8, 4) is 0 Å². The van der Waals surface area contributed by atoms with Crippen LogP contribution in [-0.4, -0.2) is 34.2 Å². The Hall–Kier alpha value is -1.85. The Morgan fingerprint density at radius 2 is 1.65 bits per heavy atom. The van der Waals surface area contributed by atoms with Crippen molar-refractivity contribution in [1.29, 1.82) is 0 Å². The van der Waals surface area contributed by atoms with Gasteiger partial charge in [0, 0.05) is 6.08 Å². The number of ether oxygens (including phenoxy) is 1. The van der Waals surface area contributed by atoms with Crippen LogP contribution in [0.3, 0.4) is 0 Å². The molecule has 0 saturated heterocycles. The van der Waals surface area contributed by atoms with Crippen molar-refractivity contribution in [3.05, 3.63) is 12.7 Å². The summed E-state index contributed by atoms with van der Waals surface area (Å²) in [5.41, 5.74) is 0. The van der Waals surface area contributed by atoms with Crippen LogP contribution in [0, 0.1) is 17.8 Å². The fourth-order valence-electron chi connectivity index (χ4n) is 2.53. The highest BCUT2D eigenvalue weighted by molar-refractivity contribution is 5.81. The lowest BCUT2D eigenvalue weighted by molar-refractivity contribution is -0.148. The van der Waals surface area contributed by atoms with Gasteiger partial charge in [0.1, 0.15) is 6.10 Å². The molecule has 1 aliphatic rings. The van der Waals surface area contributed by atoms with Crippen LogP contribution in [0.1, 0.15) is 52.9 Å². The molecule has 0 aliphatic heterocycles. The third kappa shape index (κ3) is 8.38. The molecule has 1 rings (SSSR count). The van der Waals surface area contributed by atoms with Crippen LogP contribution in [0.2, 0.25) is 0 Å². The van der Waals surface area contributed by atoms with Gasteiger partial charge in [0.05, 0.1) is 11.8 Å². The monoisotopic (exact) mass is 328 g/mol. The third-order valence-electron chi connectivity index (χ3n) is 3.95. The quantitative estimate of drug-likeness (QED) is 0.574. The van der Waals surface area contributed by atoms with E-state index in [9.17, 15) is 14.4 Å². The van der Waals surface area contributed by atoms with Gasteiger partial charge in [0.15, 0.2) is 0 Å². The van der Waals surface area contributed by atoms with Crippen molar-refractivity contribution in [1.82, 2.24) is 0 Å². The van der Waals surface area contributed by atoms with Crippen molar-refractivity contribution >= 4 is 17.9 Å². The van der Waals surface area contributed by atoms with Gasteiger partial charge in [-0.05, 0) is 31.6 Å². The first kappa shape index (κ1) is 21.1. The van der Waals surface area contributed by atoms with Gasteiger partial charge >= 0.3 is 17.9 Å². The first-order valence-electron chi connectivity index (χ1n) is 8.01. The largest absolute Gasteiger partial charge is 0.481 e. The van der Waals surface area contributed by atoms with E-state index < -0.39 is 23.8 Å². The minimum absolute atomic E-state index is 0.0282. The maximum atomic E-state index is 10.7. The molecule has 1 fully saturated rings. The average Bonchev–Trinajstić information content (AvgIpc) is 2.52. The molecule has 0 amide bonds. The normalized spacial score (nSPS) is 21.6. The average molecular weight is 328 g/mol. The van der Waals surface area contributed by atoms with Gasteiger partial charge in [-0.25, -0.2) is 4.79 Å².